The van der Waals surface area contributed by atoms with E-state index in [0.29, 0.717) is 0 Å². The fourth-order valence-electron chi connectivity index (χ4n) is 0. The molecule has 0 atom stereocenters. The molecule has 0 rings (SSSR count). The van der Waals surface area contributed by atoms with Crippen molar-refractivity contribution < 1.29 is 61.8 Å². The molecule has 0 spiro atoms. The fourth-order valence-corrected chi connectivity index (χ4v) is 0. The van der Waals surface area contributed by atoms with Crippen LogP contribution in [-0.2, 0) is 16.8 Å². The van der Waals surface area contributed by atoms with Crippen LogP contribution in [0.4, 0.5) is 14.4 Å². The Bertz CT molecular complexity index is 112. The summed E-state index contributed by atoms with van der Waals surface area (Å²) in [4.78, 5) is 25.7. The van der Waals surface area contributed by atoms with Gasteiger partial charge in [-0.2, -0.15) is 0 Å². The second-order valence-corrected chi connectivity index (χ2v) is 0.848. The molecular weight excluding hydrogens is 239 g/mol. The van der Waals surface area contributed by atoms with Gasteiger partial charge in [-0.15, -0.1) is 0 Å². The van der Waals surface area contributed by atoms with Gasteiger partial charge in [0.05, 0.1) is 0 Å². The molecule has 0 bridgehead atoms. The van der Waals surface area contributed by atoms with Gasteiger partial charge in [0, 0.05) is 16.8 Å². The summed E-state index contributed by atoms with van der Waals surface area (Å²) in [5.74, 6) is 0. The van der Waals surface area contributed by atoms with Gasteiger partial charge >= 0.3 is 18.5 Å². The maximum Gasteiger partial charge on any atom is 0.503 e. The Morgan fingerprint density at radius 2 is 0.538 bits per heavy atom. The van der Waals surface area contributed by atoms with Gasteiger partial charge in [0.25, 0.3) is 0 Å². The minimum absolute atomic E-state index is 0. The number of hydrogen-bond donors (Lipinski definition) is 6. The van der Waals surface area contributed by atoms with Crippen LogP contribution in [0.25, 0.3) is 0 Å². The van der Waals surface area contributed by atoms with Crippen LogP contribution in [0.1, 0.15) is 0 Å². The Balaban J connectivity index is -0.0000000450. The first-order valence-electron chi connectivity index (χ1n) is 1.95. The summed E-state index contributed by atoms with van der Waals surface area (Å²) in [6, 6.07) is 0. The molecule has 6 N–H and O–H groups in total. The Hall–Kier alpha value is -1.68. The van der Waals surface area contributed by atoms with Gasteiger partial charge in [-0.3, -0.25) is 0 Å². The Labute approximate surface area is 81.1 Å². The molecule has 0 aliphatic rings. The van der Waals surface area contributed by atoms with Gasteiger partial charge in [-0.1, -0.05) is 0 Å². The molecule has 0 aliphatic carbocycles. The van der Waals surface area contributed by atoms with E-state index in [4.69, 9.17) is 45.0 Å². The van der Waals surface area contributed by atoms with Crippen LogP contribution in [0.5, 0.6) is 0 Å². The van der Waals surface area contributed by atoms with Crippen molar-refractivity contribution in [2.45, 2.75) is 0 Å². The van der Waals surface area contributed by atoms with E-state index >= 15 is 0 Å². The molecule has 81 valence electrons. The summed E-state index contributed by atoms with van der Waals surface area (Å²) in [6.07, 6.45) is -5.50. The first-order valence-corrected chi connectivity index (χ1v) is 1.95. The predicted octanol–water partition coefficient (Wildman–Crippen LogP) is 0.665. The largest absolute Gasteiger partial charge is 0.503 e. The van der Waals surface area contributed by atoms with Crippen LogP contribution < -0.4 is 0 Å². The van der Waals surface area contributed by atoms with Crippen LogP contribution >= 0.6 is 0 Å². The van der Waals surface area contributed by atoms with Gasteiger partial charge in [0.1, 0.15) is 0 Å². The predicted molar refractivity (Wildman–Crippen MR) is 32.0 cm³/mol. The third kappa shape index (κ3) is 252. The zero-order valence-electron chi connectivity index (χ0n) is 5.74. The minimum Gasteiger partial charge on any atom is -0.450 e. The van der Waals surface area contributed by atoms with E-state index < -0.39 is 18.5 Å². The van der Waals surface area contributed by atoms with Crippen molar-refractivity contribution >= 4 is 18.5 Å². The van der Waals surface area contributed by atoms with Crippen LogP contribution in [-0.4, -0.2) is 49.1 Å². The number of hydrogen-bond acceptors (Lipinski definition) is 3. The van der Waals surface area contributed by atoms with Crippen LogP contribution in [0.15, 0.2) is 0 Å². The molecule has 0 saturated heterocycles. The van der Waals surface area contributed by atoms with E-state index in [9.17, 15) is 0 Å². The van der Waals surface area contributed by atoms with Crippen molar-refractivity contribution in [1.29, 1.82) is 0 Å². The molecule has 10 heteroatoms. The normalized spacial score (nSPS) is 5.54. The van der Waals surface area contributed by atoms with Gasteiger partial charge in [0.15, 0.2) is 0 Å². The van der Waals surface area contributed by atoms with Gasteiger partial charge in [-0.25, -0.2) is 14.4 Å². The van der Waals surface area contributed by atoms with Crippen LogP contribution in [0.3, 0.4) is 0 Å². The molecule has 0 aromatic carbocycles. The zero-order chi connectivity index (χ0) is 10.7. The van der Waals surface area contributed by atoms with E-state index in [1.54, 1.807) is 0 Å². The summed E-state index contributed by atoms with van der Waals surface area (Å²) in [5.41, 5.74) is 0. The molecule has 13 heavy (non-hydrogen) atoms. The standard InChI is InChI=1S/3CH2O3.Co/c3*2-1(3)4;/h3*(H2,2,3,4);. The van der Waals surface area contributed by atoms with Gasteiger partial charge in [0.2, 0.25) is 0 Å². The topological polar surface area (TPSA) is 173 Å². The van der Waals surface area contributed by atoms with E-state index in [2.05, 4.69) is 0 Å². The quantitative estimate of drug-likeness (QED) is 0.358. The Morgan fingerprint density at radius 3 is 0.538 bits per heavy atom. The van der Waals surface area contributed by atoms with E-state index in [-0.39, 0.29) is 16.8 Å². The van der Waals surface area contributed by atoms with Crippen molar-refractivity contribution in [1.82, 2.24) is 0 Å². The summed E-state index contributed by atoms with van der Waals surface area (Å²) < 4.78 is 0. The molecular formula is C3H6CoO9. The molecule has 1 radical (unpaired) electrons. The average molecular weight is 245 g/mol. The molecule has 0 fully saturated rings. The first-order chi connectivity index (χ1) is 5.20. The van der Waals surface area contributed by atoms with Crippen molar-refractivity contribution in [2.24, 2.45) is 0 Å². The molecule has 0 aromatic rings. The maximum atomic E-state index is 8.56. The number of carbonyl (C=O) groups is 3. The van der Waals surface area contributed by atoms with E-state index in [1.807, 2.05) is 0 Å². The number of carboxylic acid groups (broad SMARTS) is 6. The molecule has 0 aliphatic heterocycles. The van der Waals surface area contributed by atoms with Crippen molar-refractivity contribution in [2.75, 3.05) is 0 Å². The van der Waals surface area contributed by atoms with Crippen molar-refractivity contribution in [3.05, 3.63) is 0 Å². The van der Waals surface area contributed by atoms with Crippen molar-refractivity contribution in [3.63, 3.8) is 0 Å². The summed E-state index contributed by atoms with van der Waals surface area (Å²) in [7, 11) is 0. The van der Waals surface area contributed by atoms with Gasteiger partial charge in [-0.05, 0) is 0 Å². The maximum absolute atomic E-state index is 8.56. The molecule has 0 aromatic heterocycles. The minimum atomic E-state index is -1.83. The summed E-state index contributed by atoms with van der Waals surface area (Å²) >= 11 is 0. The third-order valence-electron chi connectivity index (χ3n) is 0. The smallest absolute Gasteiger partial charge is 0.450 e. The first kappa shape index (κ1) is 22.5. The van der Waals surface area contributed by atoms with E-state index in [0.717, 1.165) is 0 Å². The fraction of sp³-hybridized carbons (Fsp3) is 0. The molecule has 0 unspecified atom stereocenters. The number of rotatable bonds is 0. The van der Waals surface area contributed by atoms with E-state index in [1.165, 1.54) is 0 Å². The second-order valence-electron chi connectivity index (χ2n) is 0.848. The molecule has 0 saturated carbocycles. The molecule has 0 heterocycles. The van der Waals surface area contributed by atoms with Gasteiger partial charge < -0.3 is 30.6 Å². The van der Waals surface area contributed by atoms with Crippen LogP contribution in [0.2, 0.25) is 0 Å². The summed E-state index contributed by atoms with van der Waals surface area (Å²) in [5, 5.41) is 41.8. The monoisotopic (exact) mass is 245 g/mol. The second kappa shape index (κ2) is 16.7. The Kier molecular flexibility index (Phi) is 29.0. The zero-order valence-corrected chi connectivity index (χ0v) is 6.78. The van der Waals surface area contributed by atoms with Crippen molar-refractivity contribution in [3.8, 4) is 0 Å². The third-order valence-corrected chi connectivity index (χ3v) is 0. The average Bonchev–Trinajstić information content (AvgIpc) is 1.54. The molecule has 0 amide bonds. The SMILES string of the molecule is O=C(O)O.O=C(O)O.O=C(O)O.[Co]. The van der Waals surface area contributed by atoms with Crippen LogP contribution in [0, 0.1) is 0 Å². The molecule has 9 nitrogen and oxygen atoms in total. The Morgan fingerprint density at radius 1 is 0.538 bits per heavy atom. The summed E-state index contributed by atoms with van der Waals surface area (Å²) in [6.45, 7) is 0.